The van der Waals surface area contributed by atoms with Gasteiger partial charge in [0.25, 0.3) is 0 Å². The molecule has 162 valence electrons. The van der Waals surface area contributed by atoms with Gasteiger partial charge in [0.2, 0.25) is 11.8 Å². The van der Waals surface area contributed by atoms with Crippen molar-refractivity contribution in [2.45, 2.75) is 82.7 Å². The van der Waals surface area contributed by atoms with Crippen molar-refractivity contribution in [3.63, 3.8) is 0 Å². The zero-order valence-corrected chi connectivity index (χ0v) is 17.3. The first-order chi connectivity index (χ1) is 13.9. The third-order valence-corrected chi connectivity index (χ3v) is 7.89. The summed E-state index contributed by atoms with van der Waals surface area (Å²) in [5, 5.41) is 12.6. The van der Waals surface area contributed by atoms with Gasteiger partial charge in [-0.25, -0.2) is 4.79 Å². The lowest BCUT2D eigenvalue weighted by atomic mass is 9.49. The first-order valence-electron chi connectivity index (χ1n) is 11.5. The summed E-state index contributed by atoms with van der Waals surface area (Å²) in [5.41, 5.74) is 5.31. The molecule has 2 amide bonds. The molecule has 5 rings (SSSR count). The number of nitrogens with two attached hydrogens (primary N) is 1. The van der Waals surface area contributed by atoms with Crippen LogP contribution in [0, 0.1) is 23.2 Å². The van der Waals surface area contributed by atoms with Crippen LogP contribution in [0.25, 0.3) is 0 Å². The number of nitrogens with one attached hydrogen (secondary N) is 1. The molecule has 1 heterocycles. The average molecular weight is 406 g/mol. The fraction of sp³-hybridized carbons (Fsp3) is 0.864. The second kappa shape index (κ2) is 8.25. The van der Waals surface area contributed by atoms with E-state index in [2.05, 4.69) is 5.32 Å². The van der Waals surface area contributed by atoms with Gasteiger partial charge >= 0.3 is 5.97 Å². The van der Waals surface area contributed by atoms with Crippen molar-refractivity contribution in [3.8, 4) is 0 Å². The van der Waals surface area contributed by atoms with Gasteiger partial charge in [0.1, 0.15) is 12.1 Å². The number of likely N-dealkylation sites (tertiary alicyclic amines) is 1. The fourth-order valence-electron chi connectivity index (χ4n) is 6.94. The van der Waals surface area contributed by atoms with Crippen LogP contribution >= 0.6 is 0 Å². The van der Waals surface area contributed by atoms with Crippen molar-refractivity contribution in [3.05, 3.63) is 0 Å². The molecule has 2 atom stereocenters. The number of unbranched alkanes of at least 4 members (excludes halogenated alkanes) is 1. The van der Waals surface area contributed by atoms with Crippen molar-refractivity contribution in [1.82, 2.24) is 10.2 Å². The van der Waals surface area contributed by atoms with Crippen LogP contribution in [0.3, 0.4) is 0 Å². The Morgan fingerprint density at radius 1 is 1.07 bits per heavy atom. The molecule has 4 aliphatic carbocycles. The number of carbonyl (C=O) groups excluding carboxylic acids is 2. The molecule has 5 aliphatic rings. The van der Waals surface area contributed by atoms with E-state index in [-0.39, 0.29) is 17.2 Å². The van der Waals surface area contributed by atoms with Crippen LogP contribution in [-0.2, 0) is 14.4 Å². The molecule has 0 aromatic carbocycles. The van der Waals surface area contributed by atoms with Gasteiger partial charge in [0, 0.05) is 12.0 Å². The molecule has 0 spiro atoms. The summed E-state index contributed by atoms with van der Waals surface area (Å²) >= 11 is 0. The average Bonchev–Trinajstić information content (AvgIpc) is 3.16. The van der Waals surface area contributed by atoms with E-state index in [9.17, 15) is 19.5 Å². The maximum Gasteiger partial charge on any atom is 0.326 e. The molecule has 4 N–H and O–H groups in total. The first-order valence-corrected chi connectivity index (χ1v) is 11.5. The number of nitrogens with zero attached hydrogens (tertiary/aromatic N) is 1. The topological polar surface area (TPSA) is 113 Å². The molecule has 5 fully saturated rings. The van der Waals surface area contributed by atoms with Crippen LogP contribution in [0.1, 0.15) is 70.6 Å². The van der Waals surface area contributed by atoms with Gasteiger partial charge in [-0.3, -0.25) is 9.59 Å². The van der Waals surface area contributed by atoms with Crippen LogP contribution in [0.2, 0.25) is 0 Å². The van der Waals surface area contributed by atoms with E-state index in [1.165, 1.54) is 24.2 Å². The summed E-state index contributed by atoms with van der Waals surface area (Å²) in [6.07, 6.45) is 9.90. The van der Waals surface area contributed by atoms with E-state index in [4.69, 9.17) is 5.73 Å². The van der Waals surface area contributed by atoms with Crippen molar-refractivity contribution in [1.29, 1.82) is 0 Å². The Morgan fingerprint density at radius 2 is 1.69 bits per heavy atom. The largest absolute Gasteiger partial charge is 0.480 e. The fourth-order valence-corrected chi connectivity index (χ4v) is 6.94. The highest BCUT2D eigenvalue weighted by Gasteiger charge is 2.55. The standard InChI is InChI=1S/C22H35N3O4/c23-6-2-1-4-17(19(26)25-7-3-5-18(25)20(27)28)24-21(29)22-11-14-8-15(12-22)10-16(9-14)13-22/h14-18H,1-13,23H2,(H,24,29)(H,27,28)/t14?,15?,16?,17-,18-,22?/m0/s1. The predicted octanol–water partition coefficient (Wildman–Crippen LogP) is 1.89. The minimum absolute atomic E-state index is 0.0359. The van der Waals surface area contributed by atoms with Gasteiger partial charge in [0.05, 0.1) is 0 Å². The van der Waals surface area contributed by atoms with Gasteiger partial charge in [-0.05, 0) is 94.9 Å². The normalized spacial score (nSPS) is 36.2. The zero-order chi connectivity index (χ0) is 20.6. The molecule has 7 nitrogen and oxygen atoms in total. The minimum Gasteiger partial charge on any atom is -0.480 e. The second-order valence-electron chi connectivity index (χ2n) is 10.0. The van der Waals surface area contributed by atoms with Gasteiger partial charge in [-0.2, -0.15) is 0 Å². The molecule has 7 heteroatoms. The number of hydrogen-bond acceptors (Lipinski definition) is 4. The number of aliphatic carboxylic acids is 1. The predicted molar refractivity (Wildman–Crippen MR) is 108 cm³/mol. The van der Waals surface area contributed by atoms with Crippen LogP contribution in [-0.4, -0.2) is 53.0 Å². The number of hydrogen-bond donors (Lipinski definition) is 3. The highest BCUT2D eigenvalue weighted by atomic mass is 16.4. The Hall–Kier alpha value is -1.63. The van der Waals surface area contributed by atoms with E-state index in [0.717, 1.165) is 32.1 Å². The lowest BCUT2D eigenvalue weighted by Gasteiger charge is -2.55. The summed E-state index contributed by atoms with van der Waals surface area (Å²) in [5.74, 6) is 0.831. The molecule has 4 bridgehead atoms. The van der Waals surface area contributed by atoms with E-state index < -0.39 is 18.1 Å². The summed E-state index contributed by atoms with van der Waals surface area (Å²) in [6, 6.07) is -1.40. The van der Waals surface area contributed by atoms with E-state index in [1.807, 2.05) is 0 Å². The van der Waals surface area contributed by atoms with Gasteiger partial charge < -0.3 is 21.1 Å². The van der Waals surface area contributed by atoms with Gasteiger partial charge in [-0.15, -0.1) is 0 Å². The van der Waals surface area contributed by atoms with Crippen LogP contribution in [0.4, 0.5) is 0 Å². The van der Waals surface area contributed by atoms with Crippen LogP contribution in [0.15, 0.2) is 0 Å². The quantitative estimate of drug-likeness (QED) is 0.534. The van der Waals surface area contributed by atoms with Gasteiger partial charge in [0.15, 0.2) is 0 Å². The molecular formula is C22H35N3O4. The van der Waals surface area contributed by atoms with Crippen molar-refractivity contribution < 1.29 is 19.5 Å². The molecule has 1 saturated heterocycles. The molecular weight excluding hydrogens is 370 g/mol. The highest BCUT2D eigenvalue weighted by molar-refractivity contribution is 5.92. The Balaban J connectivity index is 1.47. The van der Waals surface area contributed by atoms with E-state index in [0.29, 0.717) is 50.1 Å². The van der Waals surface area contributed by atoms with Crippen molar-refractivity contribution in [2.24, 2.45) is 28.9 Å². The maximum absolute atomic E-state index is 13.5. The number of carboxylic acids is 1. The first kappa shape index (κ1) is 20.6. The van der Waals surface area contributed by atoms with Crippen molar-refractivity contribution >= 4 is 17.8 Å². The zero-order valence-electron chi connectivity index (χ0n) is 17.3. The second-order valence-corrected chi connectivity index (χ2v) is 10.0. The third-order valence-electron chi connectivity index (χ3n) is 7.89. The maximum atomic E-state index is 13.5. The lowest BCUT2D eigenvalue weighted by Crippen LogP contribution is -2.58. The summed E-state index contributed by atoms with van der Waals surface area (Å²) < 4.78 is 0. The Kier molecular flexibility index (Phi) is 5.87. The summed E-state index contributed by atoms with van der Waals surface area (Å²) in [7, 11) is 0. The van der Waals surface area contributed by atoms with Gasteiger partial charge in [-0.1, -0.05) is 0 Å². The van der Waals surface area contributed by atoms with E-state index in [1.54, 1.807) is 0 Å². The van der Waals surface area contributed by atoms with Crippen molar-refractivity contribution in [2.75, 3.05) is 13.1 Å². The molecule has 0 unspecified atom stereocenters. The van der Waals surface area contributed by atoms with Crippen LogP contribution in [0.5, 0.6) is 0 Å². The highest BCUT2D eigenvalue weighted by Crippen LogP contribution is 2.60. The Morgan fingerprint density at radius 3 is 2.24 bits per heavy atom. The molecule has 0 radical (unpaired) electrons. The SMILES string of the molecule is NCCCC[C@H](NC(=O)C12CC3CC(CC(C3)C1)C2)C(=O)N1CCC[C@H]1C(=O)O. The number of rotatable bonds is 8. The van der Waals surface area contributed by atoms with E-state index >= 15 is 0 Å². The molecule has 1 aliphatic heterocycles. The smallest absolute Gasteiger partial charge is 0.326 e. The molecule has 4 saturated carbocycles. The monoisotopic (exact) mass is 405 g/mol. The molecule has 0 aromatic heterocycles. The van der Waals surface area contributed by atoms with Crippen LogP contribution < -0.4 is 11.1 Å². The molecule has 0 aromatic rings. The minimum atomic E-state index is -0.955. The number of carboxylic acid groups (broad SMARTS) is 1. The molecule has 29 heavy (non-hydrogen) atoms. The Bertz CT molecular complexity index is 629. The number of carbonyl (C=O) groups is 3. The lowest BCUT2D eigenvalue weighted by molar-refractivity contribution is -0.152. The Labute approximate surface area is 172 Å². The number of amides is 2. The summed E-state index contributed by atoms with van der Waals surface area (Å²) in [6.45, 7) is 1.00. The third kappa shape index (κ3) is 4.03. The summed E-state index contributed by atoms with van der Waals surface area (Å²) in [4.78, 5) is 39.7.